The van der Waals surface area contributed by atoms with Crippen LogP contribution in [-0.4, -0.2) is 54.0 Å². The smallest absolute Gasteiger partial charge is 0.123 e. The molecule has 5 heteroatoms. The molecule has 0 aromatic heterocycles. The molecule has 2 rings (SSSR count). The first kappa shape index (κ1) is 14.1. The molecular formula is C14H22N2O3. The fraction of sp³-hybridized carbons (Fsp3) is 0.571. The molecule has 19 heavy (non-hydrogen) atoms. The van der Waals surface area contributed by atoms with Gasteiger partial charge < -0.3 is 20.3 Å². The van der Waals surface area contributed by atoms with Crippen molar-refractivity contribution in [1.29, 1.82) is 0 Å². The molecule has 1 aliphatic heterocycles. The first-order chi connectivity index (χ1) is 9.15. The van der Waals surface area contributed by atoms with Gasteiger partial charge in [-0.15, -0.1) is 0 Å². The van der Waals surface area contributed by atoms with Gasteiger partial charge in [-0.05, 0) is 13.0 Å². The highest BCUT2D eigenvalue weighted by molar-refractivity contribution is 5.38. The van der Waals surface area contributed by atoms with Crippen LogP contribution in [0.5, 0.6) is 11.5 Å². The number of morpholine rings is 1. The molecule has 0 aliphatic carbocycles. The summed E-state index contributed by atoms with van der Waals surface area (Å²) >= 11 is 0. The number of phenolic OH excluding ortho intramolecular Hbond substituents is 2. The molecule has 1 fully saturated rings. The van der Waals surface area contributed by atoms with Crippen LogP contribution in [0.15, 0.2) is 18.2 Å². The topological polar surface area (TPSA) is 65.0 Å². The summed E-state index contributed by atoms with van der Waals surface area (Å²) in [6, 6.07) is 5.03. The Morgan fingerprint density at radius 3 is 2.74 bits per heavy atom. The number of hydrogen-bond acceptors (Lipinski definition) is 5. The molecule has 1 aliphatic rings. The Morgan fingerprint density at radius 2 is 2.05 bits per heavy atom. The van der Waals surface area contributed by atoms with Crippen LogP contribution in [-0.2, 0) is 11.3 Å². The van der Waals surface area contributed by atoms with E-state index in [4.69, 9.17) is 4.74 Å². The molecular weight excluding hydrogens is 244 g/mol. The van der Waals surface area contributed by atoms with Crippen molar-refractivity contribution < 1.29 is 14.9 Å². The van der Waals surface area contributed by atoms with Crippen LogP contribution in [0.3, 0.4) is 0 Å². The summed E-state index contributed by atoms with van der Waals surface area (Å²) < 4.78 is 5.32. The number of nitrogens with zero attached hydrogens (tertiary/aromatic N) is 1. The molecule has 1 unspecified atom stereocenters. The molecule has 3 N–H and O–H groups in total. The van der Waals surface area contributed by atoms with Crippen molar-refractivity contribution in [2.45, 2.75) is 19.5 Å². The van der Waals surface area contributed by atoms with E-state index in [1.165, 1.54) is 6.07 Å². The fourth-order valence-corrected chi connectivity index (χ4v) is 2.22. The van der Waals surface area contributed by atoms with Crippen LogP contribution in [0.1, 0.15) is 12.5 Å². The lowest BCUT2D eigenvalue weighted by molar-refractivity contribution is 0.0343. The maximum absolute atomic E-state index is 9.70. The predicted molar refractivity (Wildman–Crippen MR) is 73.3 cm³/mol. The van der Waals surface area contributed by atoms with Gasteiger partial charge >= 0.3 is 0 Å². The Labute approximate surface area is 113 Å². The average Bonchev–Trinajstić information content (AvgIpc) is 2.39. The lowest BCUT2D eigenvalue weighted by Crippen LogP contribution is -2.44. The van der Waals surface area contributed by atoms with Gasteiger partial charge in [0.2, 0.25) is 0 Å². The number of aromatic hydroxyl groups is 2. The van der Waals surface area contributed by atoms with Gasteiger partial charge in [0.15, 0.2) is 0 Å². The van der Waals surface area contributed by atoms with Gasteiger partial charge in [0.05, 0.1) is 13.2 Å². The molecule has 5 nitrogen and oxygen atoms in total. The fourth-order valence-electron chi connectivity index (χ4n) is 2.22. The number of nitrogens with one attached hydrogen (secondary N) is 1. The largest absolute Gasteiger partial charge is 0.508 e. The highest BCUT2D eigenvalue weighted by Crippen LogP contribution is 2.22. The summed E-state index contributed by atoms with van der Waals surface area (Å²) in [5.74, 6) is 0.216. The monoisotopic (exact) mass is 266 g/mol. The summed E-state index contributed by atoms with van der Waals surface area (Å²) in [6.07, 6.45) is 0. The maximum Gasteiger partial charge on any atom is 0.123 e. The Hall–Kier alpha value is -1.30. The van der Waals surface area contributed by atoms with E-state index in [1.807, 2.05) is 0 Å². The van der Waals surface area contributed by atoms with Crippen molar-refractivity contribution in [2.24, 2.45) is 0 Å². The standard InChI is InChI=1S/C14H22N2O3/c1-11(10-16-4-6-19-7-5-16)15-9-12-2-3-13(17)8-14(12)18/h2-3,8,11,15,17-18H,4-7,9-10H2,1H3. The SMILES string of the molecule is CC(CN1CCOCC1)NCc1ccc(O)cc1O. The molecule has 0 bridgehead atoms. The van der Waals surface area contributed by atoms with Gasteiger partial charge in [-0.3, -0.25) is 4.90 Å². The second-order valence-corrected chi connectivity index (χ2v) is 5.01. The number of benzene rings is 1. The lowest BCUT2D eigenvalue weighted by Gasteiger charge is -2.29. The zero-order chi connectivity index (χ0) is 13.7. The van der Waals surface area contributed by atoms with Crippen LogP contribution < -0.4 is 5.32 Å². The van der Waals surface area contributed by atoms with Crippen molar-refractivity contribution in [2.75, 3.05) is 32.8 Å². The van der Waals surface area contributed by atoms with E-state index in [1.54, 1.807) is 12.1 Å². The molecule has 0 saturated carbocycles. The zero-order valence-electron chi connectivity index (χ0n) is 11.3. The van der Waals surface area contributed by atoms with Crippen LogP contribution >= 0.6 is 0 Å². The molecule has 106 valence electrons. The summed E-state index contributed by atoms with van der Waals surface area (Å²) in [5.41, 5.74) is 0.798. The third-order valence-electron chi connectivity index (χ3n) is 3.35. The van der Waals surface area contributed by atoms with Gasteiger partial charge in [-0.2, -0.15) is 0 Å². The highest BCUT2D eigenvalue weighted by atomic mass is 16.5. The molecule has 1 aromatic rings. The molecule has 0 radical (unpaired) electrons. The number of ether oxygens (including phenoxy) is 1. The molecule has 0 amide bonds. The Balaban J connectivity index is 1.77. The van der Waals surface area contributed by atoms with Gasteiger partial charge in [-0.1, -0.05) is 6.07 Å². The lowest BCUT2D eigenvalue weighted by atomic mass is 10.1. The quantitative estimate of drug-likeness (QED) is 0.739. The minimum atomic E-state index is 0.0858. The highest BCUT2D eigenvalue weighted by Gasteiger charge is 2.13. The van der Waals surface area contributed by atoms with Crippen molar-refractivity contribution in [1.82, 2.24) is 10.2 Å². The maximum atomic E-state index is 9.70. The molecule has 1 heterocycles. The van der Waals surface area contributed by atoms with Crippen LogP contribution in [0.25, 0.3) is 0 Å². The third-order valence-corrected chi connectivity index (χ3v) is 3.35. The van der Waals surface area contributed by atoms with E-state index in [2.05, 4.69) is 17.1 Å². The predicted octanol–water partition coefficient (Wildman–Crippen LogP) is 0.908. The molecule has 0 spiro atoms. The van der Waals surface area contributed by atoms with Crippen molar-refractivity contribution >= 4 is 0 Å². The van der Waals surface area contributed by atoms with E-state index in [0.29, 0.717) is 12.6 Å². The third kappa shape index (κ3) is 4.38. The number of rotatable bonds is 5. The minimum Gasteiger partial charge on any atom is -0.508 e. The minimum absolute atomic E-state index is 0.0858. The normalized spacial score (nSPS) is 18.4. The first-order valence-corrected chi connectivity index (χ1v) is 6.69. The second-order valence-electron chi connectivity index (χ2n) is 5.01. The van der Waals surface area contributed by atoms with Gasteiger partial charge in [0.25, 0.3) is 0 Å². The van der Waals surface area contributed by atoms with Gasteiger partial charge in [0, 0.05) is 43.9 Å². The van der Waals surface area contributed by atoms with Gasteiger partial charge in [0.1, 0.15) is 11.5 Å². The van der Waals surface area contributed by atoms with Gasteiger partial charge in [-0.25, -0.2) is 0 Å². The molecule has 1 saturated heterocycles. The Bertz CT molecular complexity index is 406. The average molecular weight is 266 g/mol. The van der Waals surface area contributed by atoms with E-state index in [-0.39, 0.29) is 11.5 Å². The Morgan fingerprint density at radius 1 is 1.32 bits per heavy atom. The van der Waals surface area contributed by atoms with E-state index in [0.717, 1.165) is 38.4 Å². The van der Waals surface area contributed by atoms with E-state index >= 15 is 0 Å². The van der Waals surface area contributed by atoms with Crippen molar-refractivity contribution in [3.05, 3.63) is 23.8 Å². The molecule has 1 atom stereocenters. The Kier molecular flexibility index (Phi) is 5.01. The van der Waals surface area contributed by atoms with Crippen LogP contribution in [0.4, 0.5) is 0 Å². The second kappa shape index (κ2) is 6.75. The zero-order valence-corrected chi connectivity index (χ0v) is 11.3. The summed E-state index contributed by atoms with van der Waals surface area (Å²) in [4.78, 5) is 2.37. The number of phenols is 2. The van der Waals surface area contributed by atoms with Crippen molar-refractivity contribution in [3.63, 3.8) is 0 Å². The van der Waals surface area contributed by atoms with Crippen LogP contribution in [0.2, 0.25) is 0 Å². The van der Waals surface area contributed by atoms with E-state index < -0.39 is 0 Å². The van der Waals surface area contributed by atoms with Crippen LogP contribution in [0, 0.1) is 0 Å². The summed E-state index contributed by atoms with van der Waals surface area (Å²) in [6.45, 7) is 7.29. The molecule has 1 aromatic carbocycles. The summed E-state index contributed by atoms with van der Waals surface area (Å²) in [7, 11) is 0. The summed E-state index contributed by atoms with van der Waals surface area (Å²) in [5, 5.41) is 22.3. The van der Waals surface area contributed by atoms with Crippen molar-refractivity contribution in [3.8, 4) is 11.5 Å². The number of hydrogen-bond donors (Lipinski definition) is 3. The van der Waals surface area contributed by atoms with E-state index in [9.17, 15) is 10.2 Å². The first-order valence-electron chi connectivity index (χ1n) is 6.69.